The number of hydrogen-bond donors (Lipinski definition) is 1. The van der Waals surface area contributed by atoms with E-state index in [-0.39, 0.29) is 24.0 Å². The van der Waals surface area contributed by atoms with E-state index in [1.54, 1.807) is 0 Å². The number of guanidine groups is 1. The Morgan fingerprint density at radius 1 is 1.45 bits per heavy atom. The second-order valence-corrected chi connectivity index (χ2v) is 2.49. The molecular formula is C7H18IN3. The van der Waals surface area contributed by atoms with Crippen LogP contribution in [0.4, 0.5) is 0 Å². The van der Waals surface area contributed by atoms with Gasteiger partial charge in [-0.25, -0.2) is 0 Å². The van der Waals surface area contributed by atoms with Gasteiger partial charge in [-0.15, -0.1) is 24.0 Å². The average Bonchev–Trinajstić information content (AvgIpc) is 1.88. The Bertz CT molecular complexity index is 112. The SMILES string of the molecule is CCCCN=C(N)N(C)C.I. The maximum atomic E-state index is 5.53. The fourth-order valence-corrected chi connectivity index (χ4v) is 0.493. The van der Waals surface area contributed by atoms with Gasteiger partial charge >= 0.3 is 0 Å². The number of halogens is 1. The van der Waals surface area contributed by atoms with Crippen LogP contribution in [0.5, 0.6) is 0 Å². The van der Waals surface area contributed by atoms with Gasteiger partial charge in [0.1, 0.15) is 0 Å². The molecule has 0 aliphatic carbocycles. The molecule has 2 N–H and O–H groups in total. The summed E-state index contributed by atoms with van der Waals surface area (Å²) in [5.41, 5.74) is 5.53. The highest BCUT2D eigenvalue weighted by molar-refractivity contribution is 14.0. The van der Waals surface area contributed by atoms with Gasteiger partial charge in [0.15, 0.2) is 5.96 Å². The lowest BCUT2D eigenvalue weighted by molar-refractivity contribution is 0.607. The minimum atomic E-state index is 0. The summed E-state index contributed by atoms with van der Waals surface area (Å²) in [7, 11) is 3.79. The molecule has 0 radical (unpaired) electrons. The molecule has 4 heteroatoms. The van der Waals surface area contributed by atoms with Crippen LogP contribution in [0.2, 0.25) is 0 Å². The number of nitrogens with zero attached hydrogens (tertiary/aromatic N) is 2. The average molecular weight is 271 g/mol. The largest absolute Gasteiger partial charge is 0.370 e. The van der Waals surface area contributed by atoms with Gasteiger partial charge in [-0.3, -0.25) is 4.99 Å². The third kappa shape index (κ3) is 7.90. The van der Waals surface area contributed by atoms with E-state index in [0.717, 1.165) is 13.0 Å². The van der Waals surface area contributed by atoms with E-state index in [9.17, 15) is 0 Å². The molecule has 68 valence electrons. The molecule has 0 amide bonds. The van der Waals surface area contributed by atoms with E-state index in [4.69, 9.17) is 5.73 Å². The zero-order valence-electron chi connectivity index (χ0n) is 7.50. The van der Waals surface area contributed by atoms with Crippen molar-refractivity contribution < 1.29 is 0 Å². The van der Waals surface area contributed by atoms with E-state index in [0.29, 0.717) is 5.96 Å². The summed E-state index contributed by atoms with van der Waals surface area (Å²) in [6.45, 7) is 2.99. The predicted molar refractivity (Wildman–Crippen MR) is 60.5 cm³/mol. The Hall–Kier alpha value is 0. The number of hydrogen-bond acceptors (Lipinski definition) is 1. The van der Waals surface area contributed by atoms with Crippen molar-refractivity contribution in [3.63, 3.8) is 0 Å². The maximum absolute atomic E-state index is 5.53. The molecule has 0 aromatic rings. The third-order valence-electron chi connectivity index (χ3n) is 1.24. The van der Waals surface area contributed by atoms with Crippen molar-refractivity contribution in [2.75, 3.05) is 20.6 Å². The highest BCUT2D eigenvalue weighted by Gasteiger charge is 1.90. The van der Waals surface area contributed by atoms with Crippen LogP contribution in [0.3, 0.4) is 0 Å². The maximum Gasteiger partial charge on any atom is 0.190 e. The predicted octanol–water partition coefficient (Wildman–Crippen LogP) is 1.28. The second-order valence-electron chi connectivity index (χ2n) is 2.49. The molecule has 0 saturated carbocycles. The van der Waals surface area contributed by atoms with Crippen LogP contribution in [0.25, 0.3) is 0 Å². The van der Waals surface area contributed by atoms with Crippen molar-refractivity contribution in [3.8, 4) is 0 Å². The van der Waals surface area contributed by atoms with Crippen molar-refractivity contribution in [2.24, 2.45) is 10.7 Å². The van der Waals surface area contributed by atoms with Crippen LogP contribution < -0.4 is 5.73 Å². The molecule has 0 bridgehead atoms. The summed E-state index contributed by atoms with van der Waals surface area (Å²) in [5.74, 6) is 0.619. The molecular weight excluding hydrogens is 253 g/mol. The van der Waals surface area contributed by atoms with Crippen LogP contribution >= 0.6 is 24.0 Å². The molecule has 0 heterocycles. The van der Waals surface area contributed by atoms with Gasteiger partial charge in [0.05, 0.1) is 0 Å². The van der Waals surface area contributed by atoms with Crippen LogP contribution in [0.15, 0.2) is 4.99 Å². The fraction of sp³-hybridized carbons (Fsp3) is 0.857. The van der Waals surface area contributed by atoms with Gasteiger partial charge in [-0.2, -0.15) is 0 Å². The van der Waals surface area contributed by atoms with Crippen LogP contribution in [0, 0.1) is 0 Å². The molecule has 0 aliphatic rings. The van der Waals surface area contributed by atoms with E-state index in [2.05, 4.69) is 11.9 Å². The first-order valence-electron chi connectivity index (χ1n) is 3.65. The summed E-state index contributed by atoms with van der Waals surface area (Å²) < 4.78 is 0. The van der Waals surface area contributed by atoms with E-state index >= 15 is 0 Å². The lowest BCUT2D eigenvalue weighted by atomic mass is 10.3. The lowest BCUT2D eigenvalue weighted by Crippen LogP contribution is -2.30. The summed E-state index contributed by atoms with van der Waals surface area (Å²) in [4.78, 5) is 5.95. The van der Waals surface area contributed by atoms with Gasteiger partial charge in [0.25, 0.3) is 0 Å². The van der Waals surface area contributed by atoms with Crippen molar-refractivity contribution in [2.45, 2.75) is 19.8 Å². The molecule has 0 saturated heterocycles. The molecule has 0 spiro atoms. The minimum Gasteiger partial charge on any atom is -0.370 e. The molecule has 11 heavy (non-hydrogen) atoms. The standard InChI is InChI=1S/C7H17N3.HI/c1-4-5-6-9-7(8)10(2)3;/h4-6H2,1-3H3,(H2,8,9);1H. The van der Waals surface area contributed by atoms with Crippen LogP contribution in [-0.4, -0.2) is 31.5 Å². The Balaban J connectivity index is 0. The number of rotatable bonds is 3. The molecule has 0 unspecified atom stereocenters. The highest BCUT2D eigenvalue weighted by atomic mass is 127. The van der Waals surface area contributed by atoms with Crippen LogP contribution in [0.1, 0.15) is 19.8 Å². The van der Waals surface area contributed by atoms with Crippen molar-refractivity contribution in [1.29, 1.82) is 0 Å². The highest BCUT2D eigenvalue weighted by Crippen LogP contribution is 1.87. The van der Waals surface area contributed by atoms with Gasteiger partial charge < -0.3 is 10.6 Å². The molecule has 0 fully saturated rings. The van der Waals surface area contributed by atoms with E-state index < -0.39 is 0 Å². The van der Waals surface area contributed by atoms with E-state index in [1.807, 2.05) is 19.0 Å². The number of aliphatic imine (C=N–C) groups is 1. The van der Waals surface area contributed by atoms with Gasteiger partial charge in [0, 0.05) is 20.6 Å². The fourth-order valence-electron chi connectivity index (χ4n) is 0.493. The van der Waals surface area contributed by atoms with Crippen molar-refractivity contribution in [3.05, 3.63) is 0 Å². The molecule has 0 rings (SSSR count). The lowest BCUT2D eigenvalue weighted by Gasteiger charge is -2.09. The number of nitrogens with two attached hydrogens (primary N) is 1. The topological polar surface area (TPSA) is 41.6 Å². The smallest absolute Gasteiger partial charge is 0.190 e. The Labute approximate surface area is 86.1 Å². The number of unbranched alkanes of at least 4 members (excludes halogenated alkanes) is 1. The Morgan fingerprint density at radius 2 is 2.00 bits per heavy atom. The zero-order valence-corrected chi connectivity index (χ0v) is 9.83. The molecule has 0 atom stereocenters. The monoisotopic (exact) mass is 271 g/mol. The first-order valence-corrected chi connectivity index (χ1v) is 3.65. The Kier molecular flexibility index (Phi) is 10.0. The summed E-state index contributed by atoms with van der Waals surface area (Å²) in [6.07, 6.45) is 2.29. The quantitative estimate of drug-likeness (QED) is 0.363. The van der Waals surface area contributed by atoms with Crippen molar-refractivity contribution >= 4 is 29.9 Å². The third-order valence-corrected chi connectivity index (χ3v) is 1.24. The minimum absolute atomic E-state index is 0. The summed E-state index contributed by atoms with van der Waals surface area (Å²) in [5, 5.41) is 0. The summed E-state index contributed by atoms with van der Waals surface area (Å²) >= 11 is 0. The summed E-state index contributed by atoms with van der Waals surface area (Å²) in [6, 6.07) is 0. The van der Waals surface area contributed by atoms with Crippen molar-refractivity contribution in [1.82, 2.24) is 4.90 Å². The first kappa shape index (κ1) is 13.6. The van der Waals surface area contributed by atoms with E-state index in [1.165, 1.54) is 6.42 Å². The van der Waals surface area contributed by atoms with Gasteiger partial charge in [-0.1, -0.05) is 13.3 Å². The van der Waals surface area contributed by atoms with Gasteiger partial charge in [-0.05, 0) is 6.42 Å². The molecule has 0 aliphatic heterocycles. The normalized spacial score (nSPS) is 10.6. The molecule has 0 aromatic carbocycles. The molecule has 0 aromatic heterocycles. The van der Waals surface area contributed by atoms with Gasteiger partial charge in [0.2, 0.25) is 0 Å². The van der Waals surface area contributed by atoms with Crippen LogP contribution in [-0.2, 0) is 0 Å². The Morgan fingerprint density at radius 3 is 2.36 bits per heavy atom. The first-order chi connectivity index (χ1) is 4.68. The molecule has 3 nitrogen and oxygen atoms in total. The second kappa shape index (κ2) is 8.10. The zero-order chi connectivity index (χ0) is 7.98.